The molecule has 1 aromatic heterocycles. The average molecular weight is 657 g/mol. The van der Waals surface area contributed by atoms with Crippen LogP contribution in [0, 0.1) is 5.41 Å². The van der Waals surface area contributed by atoms with Crippen LogP contribution in [-0.2, 0) is 41.3 Å². The molecule has 0 N–H and O–H groups in total. The van der Waals surface area contributed by atoms with E-state index in [9.17, 15) is 52.4 Å². The number of carbonyl (C=O) groups is 1. The summed E-state index contributed by atoms with van der Waals surface area (Å²) in [7, 11) is -7.90. The van der Waals surface area contributed by atoms with Gasteiger partial charge in [-0.25, -0.2) is 26.2 Å². The number of sulfone groups is 2. The van der Waals surface area contributed by atoms with Crippen molar-refractivity contribution in [1.29, 1.82) is 0 Å². The second-order valence-electron chi connectivity index (χ2n) is 11.6. The fraction of sp³-hybridized carbons (Fsp3) is 0.556. The number of benzene rings is 1. The average Bonchev–Trinajstić information content (AvgIpc) is 3.34. The van der Waals surface area contributed by atoms with Crippen molar-refractivity contribution in [3.8, 4) is 0 Å². The van der Waals surface area contributed by atoms with Gasteiger partial charge in [-0.15, -0.1) is 0 Å². The number of carbonyl (C=O) groups excluding carboxylic acids is 1. The number of alkyl halides is 7. The molecule has 7 nitrogen and oxygen atoms in total. The molecule has 2 atom stereocenters. The van der Waals surface area contributed by atoms with Gasteiger partial charge < -0.3 is 4.90 Å². The molecule has 2 saturated heterocycles. The molecule has 2 aliphatic heterocycles. The van der Waals surface area contributed by atoms with Crippen molar-refractivity contribution in [3.05, 3.63) is 59.3 Å². The summed E-state index contributed by atoms with van der Waals surface area (Å²) in [5, 5.41) is -0.411. The van der Waals surface area contributed by atoms with Crippen molar-refractivity contribution < 1.29 is 52.4 Å². The van der Waals surface area contributed by atoms with Crippen molar-refractivity contribution in [2.45, 2.75) is 72.9 Å². The first-order chi connectivity index (χ1) is 19.7. The Morgan fingerprint density at radius 2 is 1.60 bits per heavy atom. The first-order valence-electron chi connectivity index (χ1n) is 13.3. The van der Waals surface area contributed by atoms with E-state index in [1.807, 2.05) is 0 Å². The van der Waals surface area contributed by atoms with Gasteiger partial charge in [-0.2, -0.15) is 26.3 Å². The maximum Gasteiger partial charge on any atom is 0.435 e. The summed E-state index contributed by atoms with van der Waals surface area (Å²) in [4.78, 5) is 19.2. The van der Waals surface area contributed by atoms with Gasteiger partial charge in [-0.1, -0.05) is 31.2 Å². The topological polar surface area (TPSA) is 101 Å². The van der Waals surface area contributed by atoms with E-state index in [-0.39, 0.29) is 61.3 Å². The van der Waals surface area contributed by atoms with Crippen molar-refractivity contribution in [3.63, 3.8) is 0 Å². The first kappa shape index (κ1) is 31.7. The van der Waals surface area contributed by atoms with Gasteiger partial charge >= 0.3 is 18.0 Å². The van der Waals surface area contributed by atoms with Crippen LogP contribution in [0.25, 0.3) is 0 Å². The molecule has 3 heterocycles. The fourth-order valence-corrected chi connectivity index (χ4v) is 10.7. The van der Waals surface area contributed by atoms with Gasteiger partial charge in [-0.05, 0) is 55.4 Å². The fourth-order valence-electron chi connectivity index (χ4n) is 6.71. The maximum atomic E-state index is 15.0. The van der Waals surface area contributed by atoms with Crippen molar-refractivity contribution >= 4 is 25.6 Å². The van der Waals surface area contributed by atoms with Crippen LogP contribution in [0.4, 0.5) is 30.7 Å². The summed E-state index contributed by atoms with van der Waals surface area (Å²) < 4.78 is 147. The number of fused-ring (bicyclic) bond motifs is 3. The van der Waals surface area contributed by atoms with Crippen LogP contribution < -0.4 is 0 Å². The molecule has 43 heavy (non-hydrogen) atoms. The normalized spacial score (nSPS) is 25.6. The molecule has 2 fully saturated rings. The third kappa shape index (κ3) is 4.65. The van der Waals surface area contributed by atoms with Crippen LogP contribution in [0.1, 0.15) is 49.3 Å². The third-order valence-electron chi connectivity index (χ3n) is 9.17. The third-order valence-corrected chi connectivity index (χ3v) is 13.3. The highest BCUT2D eigenvalue weighted by molar-refractivity contribution is 7.92. The van der Waals surface area contributed by atoms with Crippen LogP contribution >= 0.6 is 0 Å². The Morgan fingerprint density at radius 3 is 2.16 bits per heavy atom. The number of aromatic nitrogens is 1. The monoisotopic (exact) mass is 656 g/mol. The molecule has 2 unspecified atom stereocenters. The predicted octanol–water partition coefficient (Wildman–Crippen LogP) is 4.80. The minimum absolute atomic E-state index is 0.00475. The van der Waals surface area contributed by atoms with Crippen LogP contribution in [0.5, 0.6) is 0 Å². The SMILES string of the molecule is CC1(C(=O)N2CCC3(S(=O)(=O)c4ccccn4)c4ccc(C(F)(C(F)(F)F)C(F)(F)F)cc4CCC23)CCS(=O)(=O)CC1. The molecular weight excluding hydrogens is 629 g/mol. The van der Waals surface area contributed by atoms with E-state index in [1.165, 1.54) is 29.3 Å². The van der Waals surface area contributed by atoms with Gasteiger partial charge in [-0.3, -0.25) is 4.79 Å². The molecule has 236 valence electrons. The molecule has 16 heteroatoms. The number of nitrogens with zero attached hydrogens (tertiary/aromatic N) is 2. The lowest BCUT2D eigenvalue weighted by Crippen LogP contribution is -2.55. The Bertz CT molecular complexity index is 1630. The quantitative estimate of drug-likeness (QED) is 0.439. The maximum absolute atomic E-state index is 15.0. The Hall–Kier alpha value is -2.75. The van der Waals surface area contributed by atoms with Gasteiger partial charge in [0, 0.05) is 23.7 Å². The van der Waals surface area contributed by atoms with Gasteiger partial charge in [0.1, 0.15) is 14.6 Å². The molecule has 0 spiro atoms. The second kappa shape index (κ2) is 9.88. The van der Waals surface area contributed by atoms with Gasteiger partial charge in [0.05, 0.1) is 17.5 Å². The minimum Gasteiger partial charge on any atom is -0.337 e. The summed E-state index contributed by atoms with van der Waals surface area (Å²) in [6.45, 7) is 1.46. The van der Waals surface area contributed by atoms with Crippen LogP contribution in [0.15, 0.2) is 47.6 Å². The predicted molar refractivity (Wildman–Crippen MR) is 139 cm³/mol. The Kier molecular flexibility index (Phi) is 7.27. The van der Waals surface area contributed by atoms with E-state index < -0.39 is 70.4 Å². The summed E-state index contributed by atoms with van der Waals surface area (Å²) >= 11 is 0. The number of halogens is 7. The number of likely N-dealkylation sites (tertiary alicyclic amines) is 1. The smallest absolute Gasteiger partial charge is 0.337 e. The first-order valence-corrected chi connectivity index (χ1v) is 16.7. The van der Waals surface area contributed by atoms with Crippen molar-refractivity contribution in [2.24, 2.45) is 5.41 Å². The van der Waals surface area contributed by atoms with E-state index in [4.69, 9.17) is 0 Å². The molecular formula is C27H27F7N2O5S2. The molecule has 2 aromatic rings. The van der Waals surface area contributed by atoms with Crippen LogP contribution in [0.2, 0.25) is 0 Å². The summed E-state index contributed by atoms with van der Waals surface area (Å²) in [6, 6.07) is 4.45. The molecule has 0 radical (unpaired) electrons. The molecule has 1 amide bonds. The second-order valence-corrected chi connectivity index (χ2v) is 16.1. The Labute approximate surface area is 243 Å². The zero-order valence-corrected chi connectivity index (χ0v) is 24.3. The van der Waals surface area contributed by atoms with E-state index in [2.05, 4.69) is 4.98 Å². The van der Waals surface area contributed by atoms with Gasteiger partial charge in [0.25, 0.3) is 0 Å². The molecule has 1 aliphatic carbocycles. The molecule has 0 bridgehead atoms. The zero-order chi connectivity index (χ0) is 31.9. The summed E-state index contributed by atoms with van der Waals surface area (Å²) in [5.41, 5.74) is -8.90. The Balaban J connectivity index is 1.66. The highest BCUT2D eigenvalue weighted by Crippen LogP contribution is 2.57. The minimum atomic E-state index is -6.35. The summed E-state index contributed by atoms with van der Waals surface area (Å²) in [6.07, 6.45) is -12.2. The standard InChI is InChI=1S/C27H27F7N2O5S2/c1-23(10-14-42(38,39)15-11-23)22(37)36-13-9-24(43(40,41)21-4-2-3-12-35-21)19-7-6-18(16-17(19)5-8-20(24)36)25(28,26(29,30)31)27(32,33)34/h2-4,6-7,12,16,20H,5,8-11,13-15H2,1H3. The lowest BCUT2D eigenvalue weighted by atomic mass is 9.76. The number of rotatable bonds is 4. The Morgan fingerprint density at radius 1 is 0.977 bits per heavy atom. The van der Waals surface area contributed by atoms with E-state index in [0.29, 0.717) is 12.1 Å². The molecule has 3 aliphatic rings. The number of hydrogen-bond donors (Lipinski definition) is 0. The number of amides is 1. The lowest BCUT2D eigenvalue weighted by molar-refractivity contribution is -0.348. The number of hydrogen-bond acceptors (Lipinski definition) is 6. The lowest BCUT2D eigenvalue weighted by Gasteiger charge is -2.45. The van der Waals surface area contributed by atoms with Crippen LogP contribution in [0.3, 0.4) is 0 Å². The van der Waals surface area contributed by atoms with Crippen molar-refractivity contribution in [1.82, 2.24) is 9.88 Å². The van der Waals surface area contributed by atoms with Crippen molar-refractivity contribution in [2.75, 3.05) is 18.1 Å². The van der Waals surface area contributed by atoms with E-state index in [0.717, 1.165) is 6.07 Å². The molecule has 1 aromatic carbocycles. The van der Waals surface area contributed by atoms with Crippen LogP contribution in [-0.4, -0.2) is 69.1 Å². The van der Waals surface area contributed by atoms with Gasteiger partial charge in [0.2, 0.25) is 15.7 Å². The summed E-state index contributed by atoms with van der Waals surface area (Å²) in [5.74, 6) is -0.956. The highest BCUT2D eigenvalue weighted by Gasteiger charge is 2.74. The van der Waals surface area contributed by atoms with E-state index >= 15 is 0 Å². The van der Waals surface area contributed by atoms with E-state index in [1.54, 1.807) is 6.92 Å². The highest BCUT2D eigenvalue weighted by atomic mass is 32.2. The largest absolute Gasteiger partial charge is 0.435 e. The van der Waals surface area contributed by atoms with Gasteiger partial charge in [0.15, 0.2) is 5.03 Å². The molecule has 0 saturated carbocycles. The zero-order valence-electron chi connectivity index (χ0n) is 22.7. The number of pyridine rings is 1. The molecule has 5 rings (SSSR count). The number of aryl methyl sites for hydroxylation is 1.